The summed E-state index contributed by atoms with van der Waals surface area (Å²) < 4.78 is 0. The van der Waals surface area contributed by atoms with Gasteiger partial charge in [-0.1, -0.05) is 11.8 Å². The largest absolute Gasteiger partial charge is 0.369 e. The molecule has 2 N–H and O–H groups in total. The first kappa shape index (κ1) is 13.4. The van der Waals surface area contributed by atoms with Gasteiger partial charge in [0.1, 0.15) is 5.56 Å². The van der Waals surface area contributed by atoms with Gasteiger partial charge in [-0.2, -0.15) is 0 Å². The molecule has 92 valence electrons. The summed E-state index contributed by atoms with van der Waals surface area (Å²) in [7, 11) is 0. The topological polar surface area (TPSA) is 103 Å². The van der Waals surface area contributed by atoms with E-state index in [9.17, 15) is 19.7 Å². The number of ketones is 1. The van der Waals surface area contributed by atoms with Crippen LogP contribution in [-0.4, -0.2) is 16.6 Å². The summed E-state index contributed by atoms with van der Waals surface area (Å²) in [5, 5.41) is 10.8. The van der Waals surface area contributed by atoms with Crippen molar-refractivity contribution in [1.82, 2.24) is 0 Å². The number of carbonyl (C=O) groups is 2. The number of hydrogen-bond donors (Lipinski definition) is 1. The van der Waals surface area contributed by atoms with Gasteiger partial charge in [0, 0.05) is 11.6 Å². The van der Waals surface area contributed by atoms with Crippen molar-refractivity contribution in [1.29, 1.82) is 0 Å². The van der Waals surface area contributed by atoms with E-state index in [1.807, 2.05) is 0 Å². The van der Waals surface area contributed by atoms with Gasteiger partial charge in [0.2, 0.25) is 5.91 Å². The van der Waals surface area contributed by atoms with Gasteiger partial charge in [-0.15, -0.1) is 0 Å². The van der Waals surface area contributed by atoms with Gasteiger partial charge in [0.25, 0.3) is 5.69 Å². The third kappa shape index (κ3) is 3.42. The van der Waals surface area contributed by atoms with Crippen LogP contribution in [0.15, 0.2) is 18.2 Å². The average molecular weight is 246 g/mol. The van der Waals surface area contributed by atoms with Crippen molar-refractivity contribution >= 4 is 17.4 Å². The molecule has 1 aromatic rings. The summed E-state index contributed by atoms with van der Waals surface area (Å²) >= 11 is 0. The van der Waals surface area contributed by atoms with E-state index in [4.69, 9.17) is 5.73 Å². The highest BCUT2D eigenvalue weighted by atomic mass is 16.6. The third-order valence-electron chi connectivity index (χ3n) is 2.09. The predicted octanol–water partition coefficient (Wildman–Crippen LogP) is 1.02. The van der Waals surface area contributed by atoms with Crippen LogP contribution in [0, 0.1) is 22.0 Å². The minimum absolute atomic E-state index is 0.145. The Kier molecular flexibility index (Phi) is 4.16. The minimum atomic E-state index is -0.624. The Morgan fingerprint density at radius 1 is 1.44 bits per heavy atom. The first-order chi connectivity index (χ1) is 8.41. The molecular weight excluding hydrogens is 236 g/mol. The van der Waals surface area contributed by atoms with Crippen molar-refractivity contribution in [2.24, 2.45) is 5.73 Å². The highest BCUT2D eigenvalue weighted by Gasteiger charge is 2.14. The Hall–Kier alpha value is -2.68. The first-order valence-corrected chi connectivity index (χ1v) is 4.98. The normalized spacial score (nSPS) is 9.17. The fourth-order valence-electron chi connectivity index (χ4n) is 1.23. The molecule has 0 saturated heterocycles. The quantitative estimate of drug-likeness (QED) is 0.372. The smallest absolute Gasteiger partial charge is 0.285 e. The highest BCUT2D eigenvalue weighted by Crippen LogP contribution is 2.19. The lowest BCUT2D eigenvalue weighted by Gasteiger charge is -1.98. The van der Waals surface area contributed by atoms with Gasteiger partial charge >= 0.3 is 0 Å². The number of nitro benzene ring substituents is 1. The van der Waals surface area contributed by atoms with Gasteiger partial charge in [0.05, 0.1) is 11.3 Å². The van der Waals surface area contributed by atoms with Crippen LogP contribution in [0.2, 0.25) is 0 Å². The number of Topliss-reactive ketones (excluding diaryl/α,β-unsaturated/α-hetero) is 1. The molecular formula is C12H10N2O4. The molecule has 0 aliphatic heterocycles. The number of benzene rings is 1. The molecule has 0 unspecified atom stereocenters. The zero-order chi connectivity index (χ0) is 13.7. The summed E-state index contributed by atoms with van der Waals surface area (Å²) in [5.41, 5.74) is 5.02. The highest BCUT2D eigenvalue weighted by molar-refractivity contribution is 5.95. The summed E-state index contributed by atoms with van der Waals surface area (Å²) in [6, 6.07) is 3.99. The standard InChI is InChI=1S/C12H10N2O4/c1-8(15)10-6-5-9(3-2-4-12(13)16)11(7-10)14(17)18/h5-7H,4H2,1H3,(H2,13,16). The van der Waals surface area contributed by atoms with Crippen molar-refractivity contribution in [3.05, 3.63) is 39.4 Å². The van der Waals surface area contributed by atoms with Gasteiger partial charge < -0.3 is 5.73 Å². The summed E-state index contributed by atoms with van der Waals surface area (Å²) in [6.45, 7) is 1.32. The Morgan fingerprint density at radius 3 is 2.61 bits per heavy atom. The van der Waals surface area contributed by atoms with E-state index in [0.717, 1.165) is 6.07 Å². The van der Waals surface area contributed by atoms with Gasteiger partial charge in [-0.05, 0) is 19.1 Å². The third-order valence-corrected chi connectivity index (χ3v) is 2.09. The SMILES string of the molecule is CC(=O)c1ccc(C#CCC(N)=O)c([N+](=O)[O-])c1. The second-order valence-electron chi connectivity index (χ2n) is 3.49. The van der Waals surface area contributed by atoms with E-state index in [1.54, 1.807) is 0 Å². The molecule has 0 saturated carbocycles. The zero-order valence-electron chi connectivity index (χ0n) is 9.60. The van der Waals surface area contributed by atoms with Crippen LogP contribution in [0.4, 0.5) is 5.69 Å². The molecule has 0 aromatic heterocycles. The molecule has 0 heterocycles. The lowest BCUT2D eigenvalue weighted by molar-refractivity contribution is -0.385. The Balaban J connectivity index is 3.18. The fraction of sp³-hybridized carbons (Fsp3) is 0.167. The van der Waals surface area contributed by atoms with Crippen LogP contribution >= 0.6 is 0 Å². The molecule has 6 nitrogen and oxygen atoms in total. The van der Waals surface area contributed by atoms with Crippen molar-refractivity contribution in [3.8, 4) is 11.8 Å². The van der Waals surface area contributed by atoms with Crippen molar-refractivity contribution in [3.63, 3.8) is 0 Å². The van der Waals surface area contributed by atoms with Crippen molar-refractivity contribution in [2.75, 3.05) is 0 Å². The molecule has 1 rings (SSSR count). The molecule has 0 fully saturated rings. The van der Waals surface area contributed by atoms with E-state index in [-0.39, 0.29) is 29.0 Å². The van der Waals surface area contributed by atoms with Crippen LogP contribution < -0.4 is 5.73 Å². The number of nitro groups is 1. The molecule has 0 radical (unpaired) electrons. The van der Waals surface area contributed by atoms with Crippen LogP contribution in [0.5, 0.6) is 0 Å². The molecule has 1 amide bonds. The van der Waals surface area contributed by atoms with Crippen molar-refractivity contribution in [2.45, 2.75) is 13.3 Å². The minimum Gasteiger partial charge on any atom is -0.369 e. The van der Waals surface area contributed by atoms with Gasteiger partial charge in [-0.3, -0.25) is 19.7 Å². The van der Waals surface area contributed by atoms with E-state index < -0.39 is 10.8 Å². The fourth-order valence-corrected chi connectivity index (χ4v) is 1.23. The average Bonchev–Trinajstić information content (AvgIpc) is 2.28. The lowest BCUT2D eigenvalue weighted by Crippen LogP contribution is -2.08. The number of nitrogens with two attached hydrogens (primary N) is 1. The Labute approximate surface area is 103 Å². The second-order valence-corrected chi connectivity index (χ2v) is 3.49. The monoisotopic (exact) mass is 246 g/mol. The molecule has 0 spiro atoms. The predicted molar refractivity (Wildman–Crippen MR) is 63.8 cm³/mol. The van der Waals surface area contributed by atoms with Crippen LogP contribution in [0.25, 0.3) is 0 Å². The number of rotatable bonds is 3. The number of hydrogen-bond acceptors (Lipinski definition) is 4. The molecule has 1 aromatic carbocycles. The van der Waals surface area contributed by atoms with Crippen LogP contribution in [0.3, 0.4) is 0 Å². The molecule has 0 aliphatic rings. The van der Waals surface area contributed by atoms with E-state index >= 15 is 0 Å². The Morgan fingerprint density at radius 2 is 2.11 bits per heavy atom. The van der Waals surface area contributed by atoms with Crippen LogP contribution in [-0.2, 0) is 4.79 Å². The van der Waals surface area contributed by atoms with Crippen LogP contribution in [0.1, 0.15) is 29.3 Å². The first-order valence-electron chi connectivity index (χ1n) is 4.98. The molecule has 6 heteroatoms. The number of carbonyl (C=O) groups excluding carboxylic acids is 2. The molecule has 0 aliphatic carbocycles. The maximum atomic E-state index is 11.1. The van der Waals surface area contributed by atoms with Gasteiger partial charge in [0.15, 0.2) is 5.78 Å². The maximum Gasteiger partial charge on any atom is 0.285 e. The van der Waals surface area contributed by atoms with Gasteiger partial charge in [-0.25, -0.2) is 0 Å². The Bertz CT molecular complexity index is 581. The lowest BCUT2D eigenvalue weighted by atomic mass is 10.1. The van der Waals surface area contributed by atoms with E-state index in [0.29, 0.717) is 0 Å². The number of nitrogens with zero attached hydrogens (tertiary/aromatic N) is 1. The number of amides is 1. The van der Waals surface area contributed by atoms with Crippen molar-refractivity contribution < 1.29 is 14.5 Å². The molecule has 18 heavy (non-hydrogen) atoms. The molecule has 0 bridgehead atoms. The zero-order valence-corrected chi connectivity index (χ0v) is 9.60. The molecule has 0 atom stereocenters. The summed E-state index contributed by atoms with van der Waals surface area (Å²) in [4.78, 5) is 31.8. The van der Waals surface area contributed by atoms with E-state index in [1.165, 1.54) is 19.1 Å². The van der Waals surface area contributed by atoms with E-state index in [2.05, 4.69) is 11.8 Å². The number of primary amides is 1. The maximum absolute atomic E-state index is 11.1. The second kappa shape index (κ2) is 5.59. The summed E-state index contributed by atoms with van der Waals surface area (Å²) in [6.07, 6.45) is -0.175. The summed E-state index contributed by atoms with van der Waals surface area (Å²) in [5.74, 6) is 4.04.